The average molecular weight is 227 g/mol. The third kappa shape index (κ3) is 3.01. The first kappa shape index (κ1) is 11.0. The molecule has 0 spiro atoms. The number of rotatable bonds is 4. The summed E-state index contributed by atoms with van der Waals surface area (Å²) >= 11 is 0. The highest BCUT2D eigenvalue weighted by atomic mass is 31.1. The lowest BCUT2D eigenvalue weighted by Crippen LogP contribution is -1.91. The van der Waals surface area contributed by atoms with Gasteiger partial charge in [-0.2, -0.15) is 0 Å². The van der Waals surface area contributed by atoms with Crippen molar-refractivity contribution < 1.29 is 4.79 Å². The summed E-state index contributed by atoms with van der Waals surface area (Å²) in [4.78, 5) is 11.8. The van der Waals surface area contributed by atoms with Crippen LogP contribution in [0.4, 0.5) is 0 Å². The third-order valence-corrected chi connectivity index (χ3v) is 3.34. The van der Waals surface area contributed by atoms with Gasteiger partial charge in [0.25, 0.3) is 0 Å². The second-order valence-corrected chi connectivity index (χ2v) is 4.51. The lowest BCUT2D eigenvalue weighted by Gasteiger charge is -2.00. The predicted molar refractivity (Wildman–Crippen MR) is 67.8 cm³/mol. The van der Waals surface area contributed by atoms with Crippen molar-refractivity contribution in [1.82, 2.24) is 0 Å². The molecule has 0 aliphatic rings. The molecule has 0 aromatic heterocycles. The molecule has 2 aromatic rings. The molecule has 0 amide bonds. The maximum Gasteiger partial charge on any atom is 0.189 e. The molecule has 0 atom stereocenters. The quantitative estimate of drug-likeness (QED) is 0.722. The molecule has 0 unspecified atom stereocenters. The first-order chi connectivity index (χ1) is 7.86. The van der Waals surface area contributed by atoms with E-state index in [-0.39, 0.29) is 5.52 Å². The topological polar surface area (TPSA) is 17.1 Å². The number of hydrogen-bond donors (Lipinski definition) is 0. The van der Waals surface area contributed by atoms with Gasteiger partial charge in [-0.05, 0) is 5.56 Å². The molecule has 2 aromatic carbocycles. The molecule has 0 fully saturated rings. The van der Waals surface area contributed by atoms with Crippen LogP contribution in [-0.4, -0.2) is 5.52 Å². The highest BCUT2D eigenvalue weighted by Crippen LogP contribution is 2.23. The van der Waals surface area contributed by atoms with Crippen LogP contribution in [0.15, 0.2) is 60.7 Å². The molecule has 16 heavy (non-hydrogen) atoms. The van der Waals surface area contributed by atoms with Crippen LogP contribution in [0.25, 0.3) is 0 Å². The monoisotopic (exact) mass is 227 g/mol. The van der Waals surface area contributed by atoms with E-state index in [2.05, 4.69) is 0 Å². The van der Waals surface area contributed by atoms with Crippen LogP contribution < -0.4 is 0 Å². The van der Waals surface area contributed by atoms with Crippen LogP contribution in [0, 0.1) is 0 Å². The Bertz CT molecular complexity index is 451. The van der Waals surface area contributed by atoms with E-state index in [4.69, 9.17) is 0 Å². The second kappa shape index (κ2) is 5.58. The van der Waals surface area contributed by atoms with Crippen molar-refractivity contribution in [1.29, 1.82) is 0 Å². The molecule has 79 valence electrons. The molecule has 1 radical (unpaired) electrons. The van der Waals surface area contributed by atoms with Crippen molar-refractivity contribution in [2.45, 2.75) is 6.16 Å². The highest BCUT2D eigenvalue weighted by Gasteiger charge is 2.05. The Balaban J connectivity index is 1.95. The van der Waals surface area contributed by atoms with Gasteiger partial charge in [0.2, 0.25) is 0 Å². The van der Waals surface area contributed by atoms with E-state index in [1.54, 1.807) is 0 Å². The minimum atomic E-state index is 0.185. The van der Waals surface area contributed by atoms with Crippen LogP contribution in [-0.2, 0) is 6.16 Å². The zero-order valence-electron chi connectivity index (χ0n) is 8.84. The normalized spacial score (nSPS) is 10.8. The molecule has 0 saturated carbocycles. The summed E-state index contributed by atoms with van der Waals surface area (Å²) in [6, 6.07) is 19.5. The van der Waals surface area contributed by atoms with Crippen LogP contribution in [0.5, 0.6) is 0 Å². The van der Waals surface area contributed by atoms with Crippen molar-refractivity contribution in [3.8, 4) is 0 Å². The van der Waals surface area contributed by atoms with Gasteiger partial charge in [0.15, 0.2) is 5.52 Å². The Kier molecular flexibility index (Phi) is 3.85. The van der Waals surface area contributed by atoms with Crippen LogP contribution >= 0.6 is 8.58 Å². The maximum absolute atomic E-state index is 11.8. The van der Waals surface area contributed by atoms with E-state index in [0.29, 0.717) is 0 Å². The number of benzene rings is 2. The Morgan fingerprint density at radius 1 is 0.875 bits per heavy atom. The lowest BCUT2D eigenvalue weighted by atomic mass is 10.2. The van der Waals surface area contributed by atoms with Crippen LogP contribution in [0.3, 0.4) is 0 Å². The van der Waals surface area contributed by atoms with Gasteiger partial charge in [-0.15, -0.1) is 0 Å². The molecular weight excluding hydrogens is 215 g/mol. The minimum absolute atomic E-state index is 0.185. The van der Waals surface area contributed by atoms with Crippen molar-refractivity contribution >= 4 is 14.1 Å². The van der Waals surface area contributed by atoms with E-state index in [0.717, 1.165) is 20.3 Å². The smallest absolute Gasteiger partial charge is 0.189 e. The molecule has 0 heterocycles. The van der Waals surface area contributed by atoms with E-state index in [9.17, 15) is 4.79 Å². The summed E-state index contributed by atoms with van der Waals surface area (Å²) in [7, 11) is 0.833. The minimum Gasteiger partial charge on any atom is -0.289 e. The molecule has 2 rings (SSSR count). The fraction of sp³-hybridized carbons (Fsp3) is 0.0714. The van der Waals surface area contributed by atoms with Crippen LogP contribution in [0.2, 0.25) is 0 Å². The van der Waals surface area contributed by atoms with E-state index >= 15 is 0 Å². The Labute approximate surface area is 97.3 Å². The zero-order chi connectivity index (χ0) is 11.2. The summed E-state index contributed by atoms with van der Waals surface area (Å²) in [5.41, 5.74) is 2.18. The molecule has 0 N–H and O–H groups in total. The standard InChI is InChI=1S/C14H12OP/c15-14(13-9-5-2-6-10-13)16-11-12-7-3-1-4-8-12/h1-10H,11H2. The molecular formula is C14H12OP. The predicted octanol–water partition coefficient (Wildman–Crippen LogP) is 3.97. The second-order valence-electron chi connectivity index (χ2n) is 3.47. The average Bonchev–Trinajstić information content (AvgIpc) is 2.38. The molecule has 0 saturated heterocycles. The van der Waals surface area contributed by atoms with Gasteiger partial charge < -0.3 is 0 Å². The molecule has 1 nitrogen and oxygen atoms in total. The van der Waals surface area contributed by atoms with Crippen molar-refractivity contribution in [2.75, 3.05) is 0 Å². The molecule has 0 bridgehead atoms. The summed E-state index contributed by atoms with van der Waals surface area (Å²) in [5, 5.41) is 0. The number of carbonyl (C=O) groups excluding carboxylic acids is 1. The van der Waals surface area contributed by atoms with Crippen molar-refractivity contribution in [2.24, 2.45) is 0 Å². The van der Waals surface area contributed by atoms with Gasteiger partial charge in [-0.25, -0.2) is 0 Å². The fourth-order valence-electron chi connectivity index (χ4n) is 1.42. The maximum atomic E-state index is 11.8. The zero-order valence-corrected chi connectivity index (χ0v) is 9.73. The summed E-state index contributed by atoms with van der Waals surface area (Å²) in [6.07, 6.45) is 0.786. The third-order valence-electron chi connectivity index (χ3n) is 2.27. The van der Waals surface area contributed by atoms with Gasteiger partial charge in [-0.1, -0.05) is 60.7 Å². The molecule has 0 aliphatic heterocycles. The first-order valence-corrected chi connectivity index (χ1v) is 6.25. The Hall–Kier alpha value is -1.46. The summed E-state index contributed by atoms with van der Waals surface area (Å²) in [5.74, 6) is 0. The molecule has 2 heteroatoms. The largest absolute Gasteiger partial charge is 0.289 e. The molecule has 0 aliphatic carbocycles. The highest BCUT2D eigenvalue weighted by molar-refractivity contribution is 7.58. The van der Waals surface area contributed by atoms with Gasteiger partial charge in [0.1, 0.15) is 0 Å². The number of carbonyl (C=O) groups is 1. The SMILES string of the molecule is O=C([P]Cc1ccccc1)c1ccccc1. The Morgan fingerprint density at radius 2 is 1.44 bits per heavy atom. The van der Waals surface area contributed by atoms with Crippen LogP contribution in [0.1, 0.15) is 15.9 Å². The first-order valence-electron chi connectivity index (χ1n) is 5.17. The van der Waals surface area contributed by atoms with Gasteiger partial charge in [0.05, 0.1) is 0 Å². The lowest BCUT2D eigenvalue weighted by molar-refractivity contribution is 0.108. The van der Waals surface area contributed by atoms with E-state index in [1.807, 2.05) is 60.7 Å². The fourth-order valence-corrected chi connectivity index (χ4v) is 2.29. The summed E-state index contributed by atoms with van der Waals surface area (Å²) < 4.78 is 0. The van der Waals surface area contributed by atoms with Crippen molar-refractivity contribution in [3.05, 3.63) is 71.8 Å². The van der Waals surface area contributed by atoms with E-state index in [1.165, 1.54) is 5.56 Å². The summed E-state index contributed by atoms with van der Waals surface area (Å²) in [6.45, 7) is 0. The van der Waals surface area contributed by atoms with Crippen molar-refractivity contribution in [3.63, 3.8) is 0 Å². The number of hydrogen-bond acceptors (Lipinski definition) is 1. The van der Waals surface area contributed by atoms with Gasteiger partial charge in [-0.3, -0.25) is 4.79 Å². The van der Waals surface area contributed by atoms with E-state index < -0.39 is 0 Å². The van der Waals surface area contributed by atoms with Gasteiger partial charge in [0, 0.05) is 20.3 Å². The van der Waals surface area contributed by atoms with Gasteiger partial charge >= 0.3 is 0 Å². The Morgan fingerprint density at radius 3 is 2.06 bits per heavy atom.